The monoisotopic (exact) mass is 279 g/mol. The molecule has 0 spiro atoms. The van der Waals surface area contributed by atoms with E-state index < -0.39 is 0 Å². The van der Waals surface area contributed by atoms with E-state index in [0.717, 1.165) is 28.3 Å². The highest BCUT2D eigenvalue weighted by Crippen LogP contribution is 2.29. The molecular weight excluding hydrogens is 265 g/mol. The molecule has 3 aromatic rings. The number of benzene rings is 2. The predicted molar refractivity (Wildman–Crippen MR) is 81.6 cm³/mol. The van der Waals surface area contributed by atoms with Gasteiger partial charge >= 0.3 is 0 Å². The summed E-state index contributed by atoms with van der Waals surface area (Å²) < 4.78 is 18.4. The minimum Gasteiger partial charge on any atom is -0.496 e. The van der Waals surface area contributed by atoms with Gasteiger partial charge in [0.2, 0.25) is 0 Å². The van der Waals surface area contributed by atoms with Gasteiger partial charge in [-0.05, 0) is 48.5 Å². The summed E-state index contributed by atoms with van der Waals surface area (Å²) in [6.07, 6.45) is 0. The third-order valence-corrected chi connectivity index (χ3v) is 3.27. The summed E-state index contributed by atoms with van der Waals surface area (Å²) in [5.41, 5.74) is 3.45. The largest absolute Gasteiger partial charge is 0.496 e. The van der Waals surface area contributed by atoms with Crippen LogP contribution in [0.5, 0.6) is 5.75 Å². The molecule has 0 atom stereocenters. The molecule has 0 saturated carbocycles. The third kappa shape index (κ3) is 2.77. The normalized spacial score (nSPS) is 10.4. The van der Waals surface area contributed by atoms with Crippen molar-refractivity contribution in [2.45, 2.75) is 0 Å². The van der Waals surface area contributed by atoms with E-state index in [-0.39, 0.29) is 5.82 Å². The van der Waals surface area contributed by atoms with Crippen molar-refractivity contribution in [3.05, 3.63) is 72.5 Å². The summed E-state index contributed by atoms with van der Waals surface area (Å²) in [6.45, 7) is 0. The highest BCUT2D eigenvalue weighted by molar-refractivity contribution is 5.70. The number of methoxy groups -OCH3 is 1. The number of aromatic nitrogens is 1. The average Bonchev–Trinajstić information content (AvgIpc) is 2.55. The number of para-hydroxylation sites is 1. The molecule has 0 unspecified atom stereocenters. The highest BCUT2D eigenvalue weighted by atomic mass is 19.1. The van der Waals surface area contributed by atoms with Gasteiger partial charge in [-0.1, -0.05) is 18.2 Å². The Morgan fingerprint density at radius 1 is 0.810 bits per heavy atom. The van der Waals surface area contributed by atoms with E-state index in [1.807, 2.05) is 42.5 Å². The fourth-order valence-corrected chi connectivity index (χ4v) is 2.22. The first kappa shape index (κ1) is 13.3. The van der Waals surface area contributed by atoms with Crippen LogP contribution in [0.4, 0.5) is 4.39 Å². The van der Waals surface area contributed by atoms with Gasteiger partial charge in [-0.15, -0.1) is 0 Å². The fourth-order valence-electron chi connectivity index (χ4n) is 2.22. The lowest BCUT2D eigenvalue weighted by atomic mass is 10.1. The lowest BCUT2D eigenvalue weighted by Crippen LogP contribution is -1.91. The number of rotatable bonds is 3. The molecule has 1 aromatic heterocycles. The minimum absolute atomic E-state index is 0.250. The Morgan fingerprint density at radius 2 is 1.52 bits per heavy atom. The zero-order valence-corrected chi connectivity index (χ0v) is 11.6. The van der Waals surface area contributed by atoms with Crippen LogP contribution in [-0.4, -0.2) is 12.1 Å². The van der Waals surface area contributed by atoms with Crippen LogP contribution in [0, 0.1) is 5.82 Å². The molecule has 0 fully saturated rings. The Hall–Kier alpha value is -2.68. The maximum Gasteiger partial charge on any atom is 0.128 e. The number of halogens is 1. The first-order valence-electron chi connectivity index (χ1n) is 6.64. The lowest BCUT2D eigenvalue weighted by molar-refractivity contribution is 0.416. The van der Waals surface area contributed by atoms with Gasteiger partial charge in [-0.25, -0.2) is 9.37 Å². The van der Waals surface area contributed by atoms with E-state index >= 15 is 0 Å². The zero-order chi connectivity index (χ0) is 14.7. The first-order chi connectivity index (χ1) is 10.3. The van der Waals surface area contributed by atoms with Crippen LogP contribution in [0.3, 0.4) is 0 Å². The number of nitrogens with zero attached hydrogens (tertiary/aromatic N) is 1. The van der Waals surface area contributed by atoms with Crippen LogP contribution >= 0.6 is 0 Å². The quantitative estimate of drug-likeness (QED) is 0.701. The molecule has 1 heterocycles. The standard InChI is InChI=1S/C18H14FNO/c1-21-18-8-3-2-5-15(18)17-7-4-6-16(20-17)13-9-11-14(19)12-10-13/h2-12H,1H3. The number of hydrogen-bond acceptors (Lipinski definition) is 2. The molecule has 104 valence electrons. The van der Waals surface area contributed by atoms with E-state index in [1.54, 1.807) is 19.2 Å². The minimum atomic E-state index is -0.250. The van der Waals surface area contributed by atoms with Crippen molar-refractivity contribution in [2.75, 3.05) is 7.11 Å². The molecule has 0 radical (unpaired) electrons. The predicted octanol–water partition coefficient (Wildman–Crippen LogP) is 4.56. The first-order valence-corrected chi connectivity index (χ1v) is 6.64. The molecule has 0 aliphatic carbocycles. The summed E-state index contributed by atoms with van der Waals surface area (Å²) in [5, 5.41) is 0. The van der Waals surface area contributed by atoms with Crippen molar-refractivity contribution < 1.29 is 9.13 Å². The van der Waals surface area contributed by atoms with Gasteiger partial charge in [0.05, 0.1) is 18.5 Å². The molecule has 2 aromatic carbocycles. The Balaban J connectivity index is 2.06. The fraction of sp³-hybridized carbons (Fsp3) is 0.0556. The zero-order valence-electron chi connectivity index (χ0n) is 11.6. The van der Waals surface area contributed by atoms with Crippen LogP contribution in [0.1, 0.15) is 0 Å². The van der Waals surface area contributed by atoms with Crippen LogP contribution in [-0.2, 0) is 0 Å². The van der Waals surface area contributed by atoms with Crippen molar-refractivity contribution in [3.63, 3.8) is 0 Å². The Bertz CT molecular complexity index is 753. The molecule has 0 aliphatic rings. The van der Waals surface area contributed by atoms with Crippen LogP contribution in [0.15, 0.2) is 66.7 Å². The molecule has 0 saturated heterocycles. The molecule has 3 rings (SSSR count). The van der Waals surface area contributed by atoms with Gasteiger partial charge in [0.25, 0.3) is 0 Å². The molecule has 0 N–H and O–H groups in total. The molecule has 2 nitrogen and oxygen atoms in total. The molecule has 0 amide bonds. The summed E-state index contributed by atoms with van der Waals surface area (Å²) in [6, 6.07) is 19.9. The van der Waals surface area contributed by atoms with Crippen LogP contribution < -0.4 is 4.74 Å². The number of pyridine rings is 1. The Kier molecular flexibility index (Phi) is 3.65. The second-order valence-electron chi connectivity index (χ2n) is 4.62. The third-order valence-electron chi connectivity index (χ3n) is 3.27. The highest BCUT2D eigenvalue weighted by Gasteiger charge is 2.07. The number of hydrogen-bond donors (Lipinski definition) is 0. The average molecular weight is 279 g/mol. The van der Waals surface area contributed by atoms with Gasteiger partial charge in [-0.3, -0.25) is 0 Å². The second kappa shape index (κ2) is 5.75. The molecule has 3 heteroatoms. The van der Waals surface area contributed by atoms with Crippen molar-refractivity contribution in [1.82, 2.24) is 4.98 Å². The topological polar surface area (TPSA) is 22.1 Å². The number of ether oxygens (including phenoxy) is 1. The molecule has 0 aliphatic heterocycles. The summed E-state index contributed by atoms with van der Waals surface area (Å²) in [4.78, 5) is 4.65. The molecule has 0 bridgehead atoms. The van der Waals surface area contributed by atoms with Gasteiger partial charge in [0, 0.05) is 11.1 Å². The van der Waals surface area contributed by atoms with Gasteiger partial charge in [0.15, 0.2) is 0 Å². The Labute approximate surface area is 122 Å². The van der Waals surface area contributed by atoms with Crippen molar-refractivity contribution in [3.8, 4) is 28.3 Å². The Morgan fingerprint density at radius 3 is 2.29 bits per heavy atom. The van der Waals surface area contributed by atoms with Crippen LogP contribution in [0.2, 0.25) is 0 Å². The van der Waals surface area contributed by atoms with E-state index in [1.165, 1.54) is 12.1 Å². The lowest BCUT2D eigenvalue weighted by Gasteiger charge is -2.09. The van der Waals surface area contributed by atoms with Gasteiger partial charge in [0.1, 0.15) is 11.6 Å². The summed E-state index contributed by atoms with van der Waals surface area (Å²) in [7, 11) is 1.64. The summed E-state index contributed by atoms with van der Waals surface area (Å²) in [5.74, 6) is 0.529. The molecular formula is C18H14FNO. The maximum atomic E-state index is 13.0. The molecule has 21 heavy (non-hydrogen) atoms. The SMILES string of the molecule is COc1ccccc1-c1cccc(-c2ccc(F)cc2)n1. The van der Waals surface area contributed by atoms with Crippen LogP contribution in [0.25, 0.3) is 22.5 Å². The van der Waals surface area contributed by atoms with Gasteiger partial charge in [-0.2, -0.15) is 0 Å². The van der Waals surface area contributed by atoms with E-state index in [9.17, 15) is 4.39 Å². The van der Waals surface area contributed by atoms with Gasteiger partial charge < -0.3 is 4.74 Å². The maximum absolute atomic E-state index is 13.0. The van der Waals surface area contributed by atoms with Crippen molar-refractivity contribution in [2.24, 2.45) is 0 Å². The van der Waals surface area contributed by atoms with E-state index in [2.05, 4.69) is 4.98 Å². The smallest absolute Gasteiger partial charge is 0.128 e. The van der Waals surface area contributed by atoms with Crippen molar-refractivity contribution >= 4 is 0 Å². The van der Waals surface area contributed by atoms with E-state index in [4.69, 9.17) is 4.74 Å². The second-order valence-corrected chi connectivity index (χ2v) is 4.62. The summed E-state index contributed by atoms with van der Waals surface area (Å²) >= 11 is 0. The van der Waals surface area contributed by atoms with Crippen molar-refractivity contribution in [1.29, 1.82) is 0 Å². The van der Waals surface area contributed by atoms with E-state index in [0.29, 0.717) is 0 Å².